The van der Waals surface area contributed by atoms with E-state index >= 15 is 0 Å². The van der Waals surface area contributed by atoms with Crippen LogP contribution in [0.1, 0.15) is 47.5 Å². The van der Waals surface area contributed by atoms with Gasteiger partial charge in [0.15, 0.2) is 0 Å². The second-order valence-corrected chi connectivity index (χ2v) is 5.36. The number of amides is 2. The maximum atomic E-state index is 12.4. The second-order valence-electron chi connectivity index (χ2n) is 5.36. The van der Waals surface area contributed by atoms with E-state index in [1.54, 1.807) is 4.90 Å². The van der Waals surface area contributed by atoms with Gasteiger partial charge in [-0.05, 0) is 25.7 Å². The summed E-state index contributed by atoms with van der Waals surface area (Å²) < 4.78 is 0. The van der Waals surface area contributed by atoms with E-state index in [1.807, 2.05) is 34.6 Å². The molecule has 4 heteroatoms. The molecule has 0 aromatic carbocycles. The van der Waals surface area contributed by atoms with Crippen LogP contribution >= 0.6 is 0 Å². The summed E-state index contributed by atoms with van der Waals surface area (Å²) >= 11 is 0. The molecule has 0 spiro atoms. The molecule has 98 valence electrons. The van der Waals surface area contributed by atoms with Gasteiger partial charge in [-0.1, -0.05) is 27.7 Å². The molecule has 2 unspecified atom stereocenters. The number of nitrogens with one attached hydrogen (secondary N) is 1. The van der Waals surface area contributed by atoms with E-state index in [2.05, 4.69) is 5.32 Å². The zero-order valence-electron chi connectivity index (χ0n) is 11.5. The lowest BCUT2D eigenvalue weighted by Gasteiger charge is -2.45. The van der Waals surface area contributed by atoms with E-state index in [0.717, 1.165) is 6.42 Å². The molecule has 1 heterocycles. The molecule has 1 aliphatic rings. The molecule has 0 bridgehead atoms. The minimum absolute atomic E-state index is 0.0163. The van der Waals surface area contributed by atoms with Crippen molar-refractivity contribution in [2.75, 3.05) is 6.54 Å². The van der Waals surface area contributed by atoms with Crippen molar-refractivity contribution in [1.29, 1.82) is 0 Å². The third kappa shape index (κ3) is 2.45. The molecule has 0 aliphatic carbocycles. The standard InChI is InChI=1S/C13H24N2O2/c1-6-8-15-10(9(3)4)11(16)14-13(5,7-2)12(15)17/h9-10H,6-8H2,1-5H3,(H,14,16). The first-order valence-electron chi connectivity index (χ1n) is 6.50. The number of nitrogens with zero attached hydrogens (tertiary/aromatic N) is 1. The monoisotopic (exact) mass is 240 g/mol. The van der Waals surface area contributed by atoms with Crippen LogP contribution in [0.15, 0.2) is 0 Å². The van der Waals surface area contributed by atoms with E-state index in [9.17, 15) is 9.59 Å². The van der Waals surface area contributed by atoms with Crippen LogP contribution in [0.5, 0.6) is 0 Å². The molecule has 4 nitrogen and oxygen atoms in total. The summed E-state index contributed by atoms with van der Waals surface area (Å²) in [7, 11) is 0. The zero-order chi connectivity index (χ0) is 13.2. The van der Waals surface area contributed by atoms with Gasteiger partial charge in [0.2, 0.25) is 11.8 Å². The number of hydrogen-bond donors (Lipinski definition) is 1. The van der Waals surface area contributed by atoms with Crippen molar-refractivity contribution in [2.24, 2.45) is 5.92 Å². The Morgan fingerprint density at radius 2 is 1.94 bits per heavy atom. The van der Waals surface area contributed by atoms with Gasteiger partial charge < -0.3 is 10.2 Å². The largest absolute Gasteiger partial charge is 0.340 e. The van der Waals surface area contributed by atoms with E-state index in [1.165, 1.54) is 0 Å². The summed E-state index contributed by atoms with van der Waals surface area (Å²) in [4.78, 5) is 26.3. The van der Waals surface area contributed by atoms with Gasteiger partial charge in [-0.2, -0.15) is 0 Å². The fourth-order valence-electron chi connectivity index (χ4n) is 2.37. The van der Waals surface area contributed by atoms with Crippen LogP contribution in [-0.2, 0) is 9.59 Å². The molecule has 1 fully saturated rings. The van der Waals surface area contributed by atoms with Crippen molar-refractivity contribution in [1.82, 2.24) is 10.2 Å². The van der Waals surface area contributed by atoms with Crippen molar-refractivity contribution < 1.29 is 9.59 Å². The van der Waals surface area contributed by atoms with Gasteiger partial charge in [-0.15, -0.1) is 0 Å². The smallest absolute Gasteiger partial charge is 0.248 e. The Labute approximate surface area is 104 Å². The highest BCUT2D eigenvalue weighted by molar-refractivity contribution is 5.99. The predicted octanol–water partition coefficient (Wildman–Crippen LogP) is 1.55. The van der Waals surface area contributed by atoms with E-state index in [-0.39, 0.29) is 23.8 Å². The van der Waals surface area contributed by atoms with Crippen LogP contribution in [0.2, 0.25) is 0 Å². The summed E-state index contributed by atoms with van der Waals surface area (Å²) in [5.41, 5.74) is -0.725. The highest BCUT2D eigenvalue weighted by atomic mass is 16.2. The molecule has 2 atom stereocenters. The number of carbonyl (C=O) groups excluding carboxylic acids is 2. The Balaban J connectivity index is 3.05. The van der Waals surface area contributed by atoms with Gasteiger partial charge >= 0.3 is 0 Å². The third-order valence-electron chi connectivity index (χ3n) is 3.54. The number of hydrogen-bond acceptors (Lipinski definition) is 2. The minimum atomic E-state index is -0.725. The van der Waals surface area contributed by atoms with Crippen LogP contribution in [0.25, 0.3) is 0 Å². The SMILES string of the molecule is CCCN1C(=O)C(C)(CC)NC(=O)C1C(C)C. The van der Waals surface area contributed by atoms with Crippen LogP contribution in [0, 0.1) is 5.92 Å². The lowest BCUT2D eigenvalue weighted by molar-refractivity contribution is -0.156. The van der Waals surface area contributed by atoms with Gasteiger partial charge in [-0.25, -0.2) is 0 Å². The van der Waals surface area contributed by atoms with Crippen LogP contribution in [0.4, 0.5) is 0 Å². The van der Waals surface area contributed by atoms with Gasteiger partial charge in [0.1, 0.15) is 11.6 Å². The predicted molar refractivity (Wildman–Crippen MR) is 67.5 cm³/mol. The van der Waals surface area contributed by atoms with Gasteiger partial charge in [0, 0.05) is 6.54 Å². The highest BCUT2D eigenvalue weighted by Gasteiger charge is 2.47. The minimum Gasteiger partial charge on any atom is -0.340 e. The Morgan fingerprint density at radius 3 is 2.35 bits per heavy atom. The maximum Gasteiger partial charge on any atom is 0.248 e. The number of carbonyl (C=O) groups is 2. The highest BCUT2D eigenvalue weighted by Crippen LogP contribution is 2.25. The maximum absolute atomic E-state index is 12.4. The molecular weight excluding hydrogens is 216 g/mol. The Kier molecular flexibility index (Phi) is 4.17. The fraction of sp³-hybridized carbons (Fsp3) is 0.846. The van der Waals surface area contributed by atoms with E-state index in [4.69, 9.17) is 0 Å². The van der Waals surface area contributed by atoms with Crippen molar-refractivity contribution >= 4 is 11.8 Å². The van der Waals surface area contributed by atoms with Crippen molar-refractivity contribution in [3.63, 3.8) is 0 Å². The average Bonchev–Trinajstić information content (AvgIpc) is 2.25. The van der Waals surface area contributed by atoms with Crippen molar-refractivity contribution in [3.05, 3.63) is 0 Å². The lowest BCUT2D eigenvalue weighted by Crippen LogP contribution is -2.70. The Morgan fingerprint density at radius 1 is 1.35 bits per heavy atom. The molecule has 17 heavy (non-hydrogen) atoms. The second kappa shape index (κ2) is 5.07. The molecule has 1 saturated heterocycles. The molecule has 0 aromatic heterocycles. The molecule has 1 rings (SSSR count). The Bertz CT molecular complexity index is 315. The Hall–Kier alpha value is -1.06. The number of rotatable bonds is 4. The van der Waals surface area contributed by atoms with Crippen molar-refractivity contribution in [2.45, 2.75) is 59.0 Å². The molecule has 0 saturated carbocycles. The van der Waals surface area contributed by atoms with E-state index in [0.29, 0.717) is 13.0 Å². The third-order valence-corrected chi connectivity index (χ3v) is 3.54. The quantitative estimate of drug-likeness (QED) is 0.810. The summed E-state index contributed by atoms with van der Waals surface area (Å²) in [6.45, 7) is 10.4. The zero-order valence-corrected chi connectivity index (χ0v) is 11.5. The van der Waals surface area contributed by atoms with Crippen LogP contribution in [-0.4, -0.2) is 34.8 Å². The molecule has 0 radical (unpaired) electrons. The molecular formula is C13H24N2O2. The molecule has 1 aliphatic heterocycles. The fourth-order valence-corrected chi connectivity index (χ4v) is 2.37. The van der Waals surface area contributed by atoms with E-state index < -0.39 is 5.54 Å². The first kappa shape index (κ1) is 14.0. The summed E-state index contributed by atoms with van der Waals surface area (Å²) in [5, 5.41) is 2.88. The molecule has 0 aromatic rings. The lowest BCUT2D eigenvalue weighted by atomic mass is 9.88. The number of piperazine rings is 1. The summed E-state index contributed by atoms with van der Waals surface area (Å²) in [5.74, 6) is 0.185. The molecule has 2 amide bonds. The molecule has 1 N–H and O–H groups in total. The van der Waals surface area contributed by atoms with Crippen LogP contribution in [0.3, 0.4) is 0 Å². The van der Waals surface area contributed by atoms with Gasteiger partial charge in [-0.3, -0.25) is 9.59 Å². The normalized spacial score (nSPS) is 29.8. The van der Waals surface area contributed by atoms with Crippen molar-refractivity contribution in [3.8, 4) is 0 Å². The van der Waals surface area contributed by atoms with Gasteiger partial charge in [0.25, 0.3) is 0 Å². The van der Waals surface area contributed by atoms with Crippen LogP contribution < -0.4 is 5.32 Å². The first-order chi connectivity index (χ1) is 7.87. The first-order valence-corrected chi connectivity index (χ1v) is 6.50. The topological polar surface area (TPSA) is 49.4 Å². The summed E-state index contributed by atoms with van der Waals surface area (Å²) in [6, 6.07) is -0.318. The summed E-state index contributed by atoms with van der Waals surface area (Å²) in [6.07, 6.45) is 1.50. The average molecular weight is 240 g/mol. The van der Waals surface area contributed by atoms with Gasteiger partial charge in [0.05, 0.1) is 0 Å².